The molecule has 0 rings (SSSR count). The fourth-order valence-electron chi connectivity index (χ4n) is 13.6. The molecule has 3 N–H and O–H groups in total. The van der Waals surface area contributed by atoms with Crippen molar-refractivity contribution < 1.29 is 80.2 Å². The van der Waals surface area contributed by atoms with Crippen LogP contribution in [0.5, 0.6) is 0 Å². The number of unbranched alkanes of at least 4 members (excludes halogenated alkanes) is 59. The minimum absolute atomic E-state index is 0.108. The molecule has 0 aliphatic heterocycles. The normalized spacial score (nSPS) is 13.7. The highest BCUT2D eigenvalue weighted by molar-refractivity contribution is 7.47. The molecule has 0 radical (unpaired) electrons. The molecule has 630 valence electrons. The molecule has 0 heterocycles. The van der Waals surface area contributed by atoms with E-state index >= 15 is 0 Å². The fourth-order valence-corrected chi connectivity index (χ4v) is 15.2. The fraction of sp³-hybridized carbons (Fsp3) is 0.954. The van der Waals surface area contributed by atoms with Crippen LogP contribution in [0.25, 0.3) is 0 Å². The third kappa shape index (κ3) is 80.1. The van der Waals surface area contributed by atoms with Gasteiger partial charge in [-0.25, -0.2) is 9.13 Å². The van der Waals surface area contributed by atoms with E-state index in [1.807, 2.05) is 0 Å². The predicted molar refractivity (Wildman–Crippen MR) is 437 cm³/mol. The second kappa shape index (κ2) is 79.7. The van der Waals surface area contributed by atoms with E-state index in [9.17, 15) is 43.2 Å². The number of aliphatic hydroxyl groups is 1. The van der Waals surface area contributed by atoms with Gasteiger partial charge >= 0.3 is 39.5 Å². The molecule has 0 saturated heterocycles. The van der Waals surface area contributed by atoms with E-state index in [1.54, 1.807) is 0 Å². The molecule has 0 saturated carbocycles. The minimum Gasteiger partial charge on any atom is -0.462 e. The van der Waals surface area contributed by atoms with Crippen molar-refractivity contribution in [3.05, 3.63) is 0 Å². The average molecular weight is 1550 g/mol. The van der Waals surface area contributed by atoms with Crippen molar-refractivity contribution >= 4 is 39.5 Å². The van der Waals surface area contributed by atoms with Gasteiger partial charge in [0.05, 0.1) is 26.4 Å². The van der Waals surface area contributed by atoms with Crippen molar-refractivity contribution in [2.24, 2.45) is 5.92 Å². The summed E-state index contributed by atoms with van der Waals surface area (Å²) in [6.45, 7) is 7.32. The highest BCUT2D eigenvalue weighted by atomic mass is 31.2. The van der Waals surface area contributed by atoms with Gasteiger partial charge in [0.15, 0.2) is 12.2 Å². The van der Waals surface area contributed by atoms with Gasteiger partial charge in [-0.05, 0) is 31.6 Å². The van der Waals surface area contributed by atoms with Gasteiger partial charge in [-0.3, -0.25) is 37.3 Å². The highest BCUT2D eigenvalue weighted by Gasteiger charge is 2.30. The number of phosphoric acid groups is 2. The van der Waals surface area contributed by atoms with E-state index in [-0.39, 0.29) is 25.7 Å². The smallest absolute Gasteiger partial charge is 0.462 e. The summed E-state index contributed by atoms with van der Waals surface area (Å²) in [5, 5.41) is 10.7. The second-order valence-electron chi connectivity index (χ2n) is 31.8. The first-order valence-electron chi connectivity index (χ1n) is 45.1. The largest absolute Gasteiger partial charge is 0.472 e. The lowest BCUT2D eigenvalue weighted by atomic mass is 10.0. The first-order chi connectivity index (χ1) is 51.5. The van der Waals surface area contributed by atoms with Crippen LogP contribution in [0.1, 0.15) is 471 Å². The molecule has 2 unspecified atom stereocenters. The maximum atomic E-state index is 13.2. The summed E-state index contributed by atoms with van der Waals surface area (Å²) in [6, 6.07) is 0. The van der Waals surface area contributed by atoms with Crippen molar-refractivity contribution in [2.45, 2.75) is 490 Å². The molecule has 0 aromatic carbocycles. The lowest BCUT2D eigenvalue weighted by Crippen LogP contribution is -2.30. The molecule has 0 aromatic heterocycles. The van der Waals surface area contributed by atoms with Crippen LogP contribution in [-0.2, 0) is 65.4 Å². The van der Waals surface area contributed by atoms with Crippen molar-refractivity contribution in [3.63, 3.8) is 0 Å². The van der Waals surface area contributed by atoms with Crippen molar-refractivity contribution in [1.29, 1.82) is 0 Å². The van der Waals surface area contributed by atoms with Crippen LogP contribution in [0.3, 0.4) is 0 Å². The van der Waals surface area contributed by atoms with Gasteiger partial charge in [-0.2, -0.15) is 0 Å². The van der Waals surface area contributed by atoms with Crippen LogP contribution in [0.2, 0.25) is 0 Å². The number of ether oxygens (including phenoxy) is 4. The van der Waals surface area contributed by atoms with Gasteiger partial charge in [-0.1, -0.05) is 420 Å². The molecule has 0 aliphatic rings. The van der Waals surface area contributed by atoms with E-state index < -0.39 is 97.5 Å². The van der Waals surface area contributed by atoms with Gasteiger partial charge < -0.3 is 33.8 Å². The Kier molecular flexibility index (Phi) is 78.2. The third-order valence-electron chi connectivity index (χ3n) is 20.5. The molecular formula is C87H170O17P2. The van der Waals surface area contributed by atoms with Gasteiger partial charge in [0, 0.05) is 25.7 Å². The van der Waals surface area contributed by atoms with E-state index in [4.69, 9.17) is 37.0 Å². The number of esters is 4. The Balaban J connectivity index is 5.22. The van der Waals surface area contributed by atoms with E-state index in [1.165, 1.54) is 289 Å². The lowest BCUT2D eigenvalue weighted by molar-refractivity contribution is -0.161. The summed E-state index contributed by atoms with van der Waals surface area (Å²) in [5.74, 6) is -1.39. The minimum atomic E-state index is -4.97. The molecule has 0 bridgehead atoms. The Morgan fingerprint density at radius 1 is 0.255 bits per heavy atom. The van der Waals surface area contributed by atoms with Crippen LogP contribution in [0.4, 0.5) is 0 Å². The predicted octanol–water partition coefficient (Wildman–Crippen LogP) is 26.8. The second-order valence-corrected chi connectivity index (χ2v) is 34.7. The number of aliphatic hydroxyl groups excluding tert-OH is 1. The zero-order chi connectivity index (χ0) is 77.6. The molecular weight excluding hydrogens is 1380 g/mol. The number of rotatable bonds is 87. The Labute approximate surface area is 651 Å². The maximum Gasteiger partial charge on any atom is 0.472 e. The molecule has 106 heavy (non-hydrogen) atoms. The van der Waals surface area contributed by atoms with Crippen LogP contribution in [0.15, 0.2) is 0 Å². The summed E-state index contributed by atoms with van der Waals surface area (Å²) in [4.78, 5) is 73.2. The molecule has 0 fully saturated rings. The Morgan fingerprint density at radius 3 is 0.642 bits per heavy atom. The van der Waals surface area contributed by atoms with Crippen molar-refractivity contribution in [1.82, 2.24) is 0 Å². The van der Waals surface area contributed by atoms with Gasteiger partial charge in [-0.15, -0.1) is 0 Å². The number of hydrogen-bond donors (Lipinski definition) is 3. The van der Waals surface area contributed by atoms with E-state index in [0.717, 1.165) is 96.3 Å². The Morgan fingerprint density at radius 2 is 0.434 bits per heavy atom. The van der Waals surface area contributed by atoms with Gasteiger partial charge in [0.2, 0.25) is 0 Å². The average Bonchev–Trinajstić information content (AvgIpc) is 0.902. The Hall–Kier alpha value is -1.94. The van der Waals surface area contributed by atoms with Crippen LogP contribution < -0.4 is 0 Å². The third-order valence-corrected chi connectivity index (χ3v) is 22.4. The van der Waals surface area contributed by atoms with E-state index in [2.05, 4.69) is 34.6 Å². The molecule has 17 nitrogen and oxygen atoms in total. The molecule has 19 heteroatoms. The lowest BCUT2D eigenvalue weighted by Gasteiger charge is -2.21. The van der Waals surface area contributed by atoms with Crippen LogP contribution in [-0.4, -0.2) is 96.7 Å². The SMILES string of the molecule is CCCCCCCCCCCCCCCCCCCCCCCC(=O)O[C@H](COC(=O)CCCCCCCCCCCCCCCCCCCC)COP(=O)(O)OC[C@@H](O)COP(=O)(O)OC[C@@H](COC(=O)CCCCCCCCCC(C)C)OC(=O)CCCCCCCCCCCCCCCCCCC. The van der Waals surface area contributed by atoms with Crippen LogP contribution >= 0.6 is 15.6 Å². The van der Waals surface area contributed by atoms with Crippen molar-refractivity contribution in [2.75, 3.05) is 39.6 Å². The maximum absolute atomic E-state index is 13.2. The van der Waals surface area contributed by atoms with Gasteiger partial charge in [0.25, 0.3) is 0 Å². The summed E-state index contributed by atoms with van der Waals surface area (Å²) in [5.41, 5.74) is 0. The topological polar surface area (TPSA) is 237 Å². The highest BCUT2D eigenvalue weighted by Crippen LogP contribution is 2.45. The molecule has 0 aromatic rings. The van der Waals surface area contributed by atoms with Gasteiger partial charge in [0.1, 0.15) is 19.3 Å². The summed E-state index contributed by atoms with van der Waals surface area (Å²) in [7, 11) is -9.93. The number of carbonyl (C=O) groups is 4. The Bertz CT molecular complexity index is 2010. The first-order valence-corrected chi connectivity index (χ1v) is 48.1. The molecule has 5 atom stereocenters. The summed E-state index contributed by atoms with van der Waals surface area (Å²) in [6.07, 6.45) is 73.8. The summed E-state index contributed by atoms with van der Waals surface area (Å²) >= 11 is 0. The quantitative estimate of drug-likeness (QED) is 0.0222. The number of carbonyl (C=O) groups excluding carboxylic acids is 4. The number of hydrogen-bond acceptors (Lipinski definition) is 15. The van der Waals surface area contributed by atoms with E-state index in [0.29, 0.717) is 31.6 Å². The molecule has 0 spiro atoms. The summed E-state index contributed by atoms with van der Waals surface area (Å²) < 4.78 is 68.9. The zero-order valence-corrected chi connectivity index (χ0v) is 71.4. The monoisotopic (exact) mass is 1550 g/mol. The zero-order valence-electron chi connectivity index (χ0n) is 69.6. The van der Waals surface area contributed by atoms with Crippen molar-refractivity contribution in [3.8, 4) is 0 Å². The first kappa shape index (κ1) is 104. The standard InChI is InChI=1S/C87H170O17P2/c1-6-9-12-15-18-21-24-27-30-33-35-36-37-40-43-46-49-52-57-63-68-72-86(91)103-82(76-97-84(89)70-65-60-55-50-47-44-41-39-34-31-28-25-22-19-16-13-10-7-2)78-101-105(93,94)99-74-81(88)75-100-106(95,96)102-79-83(77-98-85(90)71-66-61-58-53-54-59-64-69-80(4)5)104-87(92)73-67-62-56-51-48-45-42-38-32-29-26-23-20-17-14-11-8-3/h80-83,88H,6-79H2,1-5H3,(H,93,94)(H,95,96)/t81-,82-,83-/m1/s1. The van der Waals surface area contributed by atoms with Crippen LogP contribution in [0, 0.1) is 5.92 Å². The molecule has 0 aliphatic carbocycles. The number of phosphoric ester groups is 2. The molecule has 0 amide bonds.